The lowest BCUT2D eigenvalue weighted by molar-refractivity contribution is -0.114. The Morgan fingerprint density at radius 1 is 1.09 bits per heavy atom. The summed E-state index contributed by atoms with van der Waals surface area (Å²) >= 11 is 7.64. The summed E-state index contributed by atoms with van der Waals surface area (Å²) < 4.78 is 0. The Hall–Kier alpha value is -3.02. The predicted molar refractivity (Wildman–Crippen MR) is 132 cm³/mol. The van der Waals surface area contributed by atoms with Crippen molar-refractivity contribution < 1.29 is 9.59 Å². The summed E-state index contributed by atoms with van der Waals surface area (Å²) in [5, 5.41) is 3.56. The molecule has 3 aromatic rings. The van der Waals surface area contributed by atoms with Crippen molar-refractivity contribution in [3.63, 3.8) is 0 Å². The van der Waals surface area contributed by atoms with Crippen molar-refractivity contribution in [2.75, 3.05) is 18.5 Å². The summed E-state index contributed by atoms with van der Waals surface area (Å²) in [6, 6.07) is 21.2. The maximum atomic E-state index is 12.9. The van der Waals surface area contributed by atoms with E-state index in [9.17, 15) is 9.59 Å². The number of hydrogen-bond donors (Lipinski definition) is 1. The number of nitrogens with zero attached hydrogens (tertiary/aromatic N) is 1. The van der Waals surface area contributed by atoms with Crippen LogP contribution in [0.15, 0.2) is 76.5 Å². The van der Waals surface area contributed by atoms with Crippen LogP contribution in [0.2, 0.25) is 5.02 Å². The molecule has 0 saturated carbocycles. The molecular weight excluding hydrogens is 440 g/mol. The molecule has 0 atom stereocenters. The third kappa shape index (κ3) is 4.90. The van der Waals surface area contributed by atoms with E-state index in [2.05, 4.69) is 36.5 Å². The van der Waals surface area contributed by atoms with Crippen molar-refractivity contribution in [3.8, 4) is 0 Å². The van der Waals surface area contributed by atoms with Gasteiger partial charge < -0.3 is 10.2 Å². The second-order valence-electron chi connectivity index (χ2n) is 7.67. The minimum atomic E-state index is -0.150. The molecule has 1 heterocycles. The van der Waals surface area contributed by atoms with Gasteiger partial charge in [-0.15, -0.1) is 0 Å². The number of nitrogens with one attached hydrogen (secondary N) is 1. The predicted octanol–water partition coefficient (Wildman–Crippen LogP) is 5.73. The lowest BCUT2D eigenvalue weighted by Crippen LogP contribution is -2.31. The van der Waals surface area contributed by atoms with Crippen molar-refractivity contribution in [2.24, 2.45) is 0 Å². The highest BCUT2D eigenvalue weighted by Crippen LogP contribution is 2.42. The van der Waals surface area contributed by atoms with Crippen LogP contribution in [0, 0.1) is 6.92 Å². The number of amides is 2. The Labute approximate surface area is 197 Å². The second kappa shape index (κ2) is 9.63. The fourth-order valence-corrected chi connectivity index (χ4v) is 4.72. The van der Waals surface area contributed by atoms with E-state index in [1.54, 1.807) is 36.2 Å². The number of benzene rings is 3. The molecule has 0 unspecified atom stereocenters. The van der Waals surface area contributed by atoms with Gasteiger partial charge in [-0.25, -0.2) is 0 Å². The number of anilines is 1. The highest BCUT2D eigenvalue weighted by Gasteiger charge is 2.27. The van der Waals surface area contributed by atoms with Crippen LogP contribution in [0.4, 0.5) is 5.69 Å². The van der Waals surface area contributed by atoms with Crippen molar-refractivity contribution >= 4 is 46.9 Å². The highest BCUT2D eigenvalue weighted by atomic mass is 35.5. The normalized spacial score (nSPS) is 14.4. The number of rotatable bonds is 5. The summed E-state index contributed by atoms with van der Waals surface area (Å²) in [7, 11) is 1.72. The van der Waals surface area contributed by atoms with Crippen LogP contribution in [0.5, 0.6) is 0 Å². The van der Waals surface area contributed by atoms with Gasteiger partial charge in [0.25, 0.3) is 11.8 Å². The van der Waals surface area contributed by atoms with Gasteiger partial charge >= 0.3 is 0 Å². The fraction of sp³-hybridized carbons (Fsp3) is 0.154. The minimum absolute atomic E-state index is 0.126. The largest absolute Gasteiger partial charge is 0.352 e. The first-order valence-corrected chi connectivity index (χ1v) is 11.5. The van der Waals surface area contributed by atoms with Crippen LogP contribution >= 0.6 is 23.4 Å². The van der Waals surface area contributed by atoms with Crippen LogP contribution < -0.4 is 10.2 Å². The number of halogens is 1. The van der Waals surface area contributed by atoms with Crippen LogP contribution in [0.1, 0.15) is 27.0 Å². The number of fused-ring (bicyclic) bond motifs is 1. The zero-order chi connectivity index (χ0) is 22.7. The van der Waals surface area contributed by atoms with Gasteiger partial charge in [-0.1, -0.05) is 71.4 Å². The lowest BCUT2D eigenvalue weighted by atomic mass is 10.1. The maximum absolute atomic E-state index is 12.9. The second-order valence-corrected chi connectivity index (χ2v) is 9.16. The molecule has 0 fully saturated rings. The molecule has 162 valence electrons. The molecule has 0 aliphatic carbocycles. The van der Waals surface area contributed by atoms with E-state index in [1.165, 1.54) is 22.9 Å². The van der Waals surface area contributed by atoms with E-state index >= 15 is 0 Å². The van der Waals surface area contributed by atoms with Crippen molar-refractivity contribution in [1.29, 1.82) is 0 Å². The molecule has 3 aromatic carbocycles. The van der Waals surface area contributed by atoms with Crippen LogP contribution in [0.25, 0.3) is 6.08 Å². The molecule has 2 amide bonds. The first kappa shape index (κ1) is 22.2. The van der Waals surface area contributed by atoms with Gasteiger partial charge in [0.1, 0.15) is 0 Å². The number of carbonyl (C=O) groups is 2. The number of carbonyl (C=O) groups excluding carboxylic acids is 2. The molecule has 0 bridgehead atoms. The van der Waals surface area contributed by atoms with Gasteiger partial charge in [0.2, 0.25) is 0 Å². The Bertz CT molecular complexity index is 1200. The van der Waals surface area contributed by atoms with Crippen molar-refractivity contribution in [3.05, 3.63) is 98.9 Å². The van der Waals surface area contributed by atoms with E-state index in [0.29, 0.717) is 22.0 Å². The molecule has 0 radical (unpaired) electrons. The van der Waals surface area contributed by atoms with E-state index in [4.69, 9.17) is 11.6 Å². The van der Waals surface area contributed by atoms with Crippen LogP contribution in [-0.2, 0) is 11.2 Å². The summed E-state index contributed by atoms with van der Waals surface area (Å²) in [6.07, 6.45) is 2.57. The van der Waals surface area contributed by atoms with Crippen molar-refractivity contribution in [1.82, 2.24) is 5.32 Å². The molecule has 1 aliphatic rings. The molecular formula is C26H23ClN2O2S. The van der Waals surface area contributed by atoms with E-state index in [1.807, 2.05) is 24.3 Å². The van der Waals surface area contributed by atoms with Gasteiger partial charge in [0.15, 0.2) is 0 Å². The number of thioether (sulfide) groups is 1. The Kier molecular flexibility index (Phi) is 6.68. The zero-order valence-corrected chi connectivity index (χ0v) is 19.5. The molecule has 32 heavy (non-hydrogen) atoms. The molecule has 4 rings (SSSR count). The van der Waals surface area contributed by atoms with E-state index < -0.39 is 0 Å². The van der Waals surface area contributed by atoms with Crippen molar-refractivity contribution in [2.45, 2.75) is 18.2 Å². The van der Waals surface area contributed by atoms with Crippen LogP contribution in [0.3, 0.4) is 0 Å². The molecule has 4 nitrogen and oxygen atoms in total. The van der Waals surface area contributed by atoms with E-state index in [0.717, 1.165) is 22.6 Å². The highest BCUT2D eigenvalue weighted by molar-refractivity contribution is 8.04. The lowest BCUT2D eigenvalue weighted by Gasteiger charge is -2.27. The smallest absolute Gasteiger partial charge is 0.264 e. The first-order valence-electron chi connectivity index (χ1n) is 10.3. The monoisotopic (exact) mass is 462 g/mol. The zero-order valence-electron chi connectivity index (χ0n) is 17.9. The number of likely N-dealkylation sites (N-methyl/N-ethyl adjacent to an activating group) is 1. The summed E-state index contributed by atoms with van der Waals surface area (Å²) in [5.74, 6) is -0.275. The topological polar surface area (TPSA) is 49.4 Å². The number of hydrogen-bond acceptors (Lipinski definition) is 3. The molecule has 0 saturated heterocycles. The van der Waals surface area contributed by atoms with E-state index in [-0.39, 0.29) is 11.8 Å². The minimum Gasteiger partial charge on any atom is -0.352 e. The third-order valence-electron chi connectivity index (χ3n) is 5.33. The molecule has 1 N–H and O–H groups in total. The standard InChI is InChI=1S/C26H23ClN2O2S/c1-17-7-9-18(10-8-17)13-14-28-25(30)20-11-12-23-22(15-20)29(2)26(31)24(32-23)16-19-5-3-4-6-21(19)27/h3-12,15-16H,13-14H2,1-2H3,(H,28,30)/b24-16-. The molecule has 1 aliphatic heterocycles. The van der Waals surface area contributed by atoms with Crippen LogP contribution in [-0.4, -0.2) is 25.4 Å². The van der Waals surface area contributed by atoms with Gasteiger partial charge in [-0.05, 0) is 54.8 Å². The summed E-state index contributed by atoms with van der Waals surface area (Å²) in [4.78, 5) is 28.7. The summed E-state index contributed by atoms with van der Waals surface area (Å²) in [6.45, 7) is 2.60. The fourth-order valence-electron chi connectivity index (χ4n) is 3.45. The third-order valence-corrected chi connectivity index (χ3v) is 6.75. The van der Waals surface area contributed by atoms with Gasteiger partial charge in [0.05, 0.1) is 10.6 Å². The van der Waals surface area contributed by atoms with Gasteiger partial charge in [0, 0.05) is 29.1 Å². The van der Waals surface area contributed by atoms with Gasteiger partial charge in [-0.3, -0.25) is 9.59 Å². The Balaban J connectivity index is 1.47. The quantitative estimate of drug-likeness (QED) is 0.492. The summed E-state index contributed by atoms with van der Waals surface area (Å²) in [5.41, 5.74) is 4.45. The Morgan fingerprint density at radius 2 is 1.84 bits per heavy atom. The number of aryl methyl sites for hydroxylation is 1. The first-order chi connectivity index (χ1) is 15.4. The average molecular weight is 463 g/mol. The SMILES string of the molecule is Cc1ccc(CCNC(=O)c2ccc3c(c2)N(C)C(=O)/C(=C/c2ccccc2Cl)S3)cc1. The molecule has 0 spiro atoms. The molecule has 6 heteroatoms. The Morgan fingerprint density at radius 3 is 2.59 bits per heavy atom. The molecule has 0 aromatic heterocycles. The van der Waals surface area contributed by atoms with Gasteiger partial charge in [-0.2, -0.15) is 0 Å². The average Bonchev–Trinajstić information content (AvgIpc) is 2.79. The maximum Gasteiger partial charge on any atom is 0.264 e.